The molecule has 1 heteroatoms. The van der Waals surface area contributed by atoms with E-state index >= 15 is 0 Å². The number of rotatable bonds is 6. The summed E-state index contributed by atoms with van der Waals surface area (Å²) >= 11 is 0. The van der Waals surface area contributed by atoms with Gasteiger partial charge in [0.05, 0.1) is 11.6 Å². The Bertz CT molecular complexity index is 536. The molecule has 0 radical (unpaired) electrons. The molecule has 0 bridgehead atoms. The normalized spacial score (nSPS) is 29.9. The topological polar surface area (TPSA) is 23.8 Å². The molecule has 1 aromatic carbocycles. The van der Waals surface area contributed by atoms with Crippen molar-refractivity contribution in [2.24, 2.45) is 17.8 Å². The molecule has 2 fully saturated rings. The zero-order valence-corrected chi connectivity index (χ0v) is 16.1. The van der Waals surface area contributed by atoms with E-state index in [9.17, 15) is 0 Å². The molecule has 2 saturated carbocycles. The van der Waals surface area contributed by atoms with Gasteiger partial charge in [-0.25, -0.2) is 0 Å². The van der Waals surface area contributed by atoms with Crippen molar-refractivity contribution in [3.05, 3.63) is 35.4 Å². The molecule has 0 aromatic heterocycles. The number of hydrogen-bond acceptors (Lipinski definition) is 1. The zero-order chi connectivity index (χ0) is 17.5. The molecule has 0 aliphatic heterocycles. The Morgan fingerprint density at radius 3 is 1.72 bits per heavy atom. The summed E-state index contributed by atoms with van der Waals surface area (Å²) in [7, 11) is 0. The monoisotopic (exact) mass is 337 g/mol. The van der Waals surface area contributed by atoms with Gasteiger partial charge in [-0.2, -0.15) is 5.26 Å². The van der Waals surface area contributed by atoms with E-state index in [1.165, 1.54) is 82.6 Å². The summed E-state index contributed by atoms with van der Waals surface area (Å²) in [4.78, 5) is 0. The van der Waals surface area contributed by atoms with E-state index in [1.807, 2.05) is 12.1 Å². The van der Waals surface area contributed by atoms with Crippen LogP contribution in [0.1, 0.15) is 101 Å². The smallest absolute Gasteiger partial charge is 0.0991 e. The molecule has 0 amide bonds. The fraction of sp³-hybridized carbons (Fsp3) is 0.708. The fourth-order valence-electron chi connectivity index (χ4n) is 5.30. The first-order chi connectivity index (χ1) is 12.3. The summed E-state index contributed by atoms with van der Waals surface area (Å²) in [6, 6.07) is 10.5. The molecule has 0 spiro atoms. The van der Waals surface area contributed by atoms with Crippen LogP contribution in [0.15, 0.2) is 24.3 Å². The van der Waals surface area contributed by atoms with E-state index in [-0.39, 0.29) is 0 Å². The van der Waals surface area contributed by atoms with E-state index in [2.05, 4.69) is 25.1 Å². The van der Waals surface area contributed by atoms with Crippen LogP contribution in [0.4, 0.5) is 0 Å². The Kier molecular flexibility index (Phi) is 6.97. The van der Waals surface area contributed by atoms with Crippen LogP contribution >= 0.6 is 0 Å². The third-order valence-corrected chi connectivity index (χ3v) is 7.00. The number of nitrogens with zero attached hydrogens (tertiary/aromatic N) is 1. The first-order valence-electron chi connectivity index (χ1n) is 10.8. The predicted octanol–water partition coefficient (Wildman–Crippen LogP) is 7.22. The van der Waals surface area contributed by atoms with Gasteiger partial charge in [0, 0.05) is 0 Å². The Balaban J connectivity index is 1.36. The van der Waals surface area contributed by atoms with E-state index < -0.39 is 0 Å². The van der Waals surface area contributed by atoms with Gasteiger partial charge in [0.1, 0.15) is 0 Å². The van der Waals surface area contributed by atoms with Crippen LogP contribution in [0.2, 0.25) is 0 Å². The lowest BCUT2D eigenvalue weighted by Gasteiger charge is -2.32. The summed E-state index contributed by atoms with van der Waals surface area (Å²) < 4.78 is 0. The van der Waals surface area contributed by atoms with Crippen molar-refractivity contribution < 1.29 is 0 Å². The maximum Gasteiger partial charge on any atom is 0.0991 e. The highest BCUT2D eigenvalue weighted by Crippen LogP contribution is 2.40. The molecule has 25 heavy (non-hydrogen) atoms. The Morgan fingerprint density at radius 1 is 0.760 bits per heavy atom. The van der Waals surface area contributed by atoms with Gasteiger partial charge in [-0.05, 0) is 67.1 Å². The summed E-state index contributed by atoms with van der Waals surface area (Å²) in [5.74, 6) is 3.78. The lowest BCUT2D eigenvalue weighted by Crippen LogP contribution is -2.17. The van der Waals surface area contributed by atoms with Crippen molar-refractivity contribution in [3.8, 4) is 6.07 Å². The lowest BCUT2D eigenvalue weighted by atomic mass is 9.74. The molecule has 1 nitrogen and oxygen atoms in total. The predicted molar refractivity (Wildman–Crippen MR) is 105 cm³/mol. The Labute approximate surface area is 154 Å². The molecule has 1 aromatic rings. The van der Waals surface area contributed by atoms with Crippen molar-refractivity contribution >= 4 is 0 Å². The molecule has 3 rings (SSSR count). The van der Waals surface area contributed by atoms with Gasteiger partial charge in [0.2, 0.25) is 0 Å². The van der Waals surface area contributed by atoms with Gasteiger partial charge in [-0.15, -0.1) is 0 Å². The molecule has 2 aliphatic rings. The summed E-state index contributed by atoms with van der Waals surface area (Å²) in [6.07, 6.45) is 17.3. The third-order valence-electron chi connectivity index (χ3n) is 7.00. The molecule has 0 atom stereocenters. The van der Waals surface area contributed by atoms with Crippen LogP contribution in [0.5, 0.6) is 0 Å². The molecular formula is C24H35N. The second-order valence-corrected chi connectivity index (χ2v) is 8.70. The van der Waals surface area contributed by atoms with Crippen LogP contribution in [0.25, 0.3) is 0 Å². The average Bonchev–Trinajstić information content (AvgIpc) is 2.68. The minimum absolute atomic E-state index is 0.730. The van der Waals surface area contributed by atoms with Crippen LogP contribution in [-0.2, 0) is 0 Å². The Morgan fingerprint density at radius 2 is 1.24 bits per heavy atom. The van der Waals surface area contributed by atoms with Crippen molar-refractivity contribution in [3.63, 3.8) is 0 Å². The zero-order valence-electron chi connectivity index (χ0n) is 16.1. The SMILES string of the molecule is CCC[C@H]1CC[C@H](CCC2CCC(c3ccc(C#N)cc3)CC2)CC1. The van der Waals surface area contributed by atoms with Gasteiger partial charge in [0.15, 0.2) is 0 Å². The lowest BCUT2D eigenvalue weighted by molar-refractivity contribution is 0.224. The molecule has 0 heterocycles. The summed E-state index contributed by atoms with van der Waals surface area (Å²) in [6.45, 7) is 2.33. The van der Waals surface area contributed by atoms with E-state index in [0.717, 1.165) is 29.2 Å². The Hall–Kier alpha value is -1.29. The van der Waals surface area contributed by atoms with Crippen LogP contribution in [0, 0.1) is 29.1 Å². The van der Waals surface area contributed by atoms with Crippen molar-refractivity contribution in [2.45, 2.75) is 89.9 Å². The van der Waals surface area contributed by atoms with Crippen LogP contribution in [0.3, 0.4) is 0 Å². The highest BCUT2D eigenvalue weighted by molar-refractivity contribution is 5.33. The quantitative estimate of drug-likeness (QED) is 0.537. The highest BCUT2D eigenvalue weighted by Gasteiger charge is 2.25. The summed E-state index contributed by atoms with van der Waals surface area (Å²) in [5, 5.41) is 8.93. The van der Waals surface area contributed by atoms with Crippen LogP contribution < -0.4 is 0 Å². The summed E-state index contributed by atoms with van der Waals surface area (Å²) in [5.41, 5.74) is 2.23. The van der Waals surface area contributed by atoms with Crippen molar-refractivity contribution in [1.82, 2.24) is 0 Å². The second kappa shape index (κ2) is 9.42. The molecule has 136 valence electrons. The van der Waals surface area contributed by atoms with E-state index in [1.54, 1.807) is 0 Å². The fourth-order valence-corrected chi connectivity index (χ4v) is 5.30. The second-order valence-electron chi connectivity index (χ2n) is 8.70. The minimum atomic E-state index is 0.730. The maximum atomic E-state index is 8.93. The third kappa shape index (κ3) is 5.34. The number of nitriles is 1. The van der Waals surface area contributed by atoms with Gasteiger partial charge in [-0.1, -0.05) is 70.4 Å². The van der Waals surface area contributed by atoms with Gasteiger partial charge in [0.25, 0.3) is 0 Å². The van der Waals surface area contributed by atoms with Gasteiger partial charge in [-0.3, -0.25) is 0 Å². The largest absolute Gasteiger partial charge is 0.192 e. The van der Waals surface area contributed by atoms with Gasteiger partial charge < -0.3 is 0 Å². The standard InChI is InChI=1S/C24H35N/c1-2-3-19-4-6-20(7-5-19)8-9-21-10-14-23(15-11-21)24-16-12-22(18-25)13-17-24/h12-13,16-17,19-21,23H,2-11,14-15H2,1H3/t19-,20-,21?,23?. The molecule has 0 unspecified atom stereocenters. The average molecular weight is 338 g/mol. The van der Waals surface area contributed by atoms with Crippen molar-refractivity contribution in [1.29, 1.82) is 5.26 Å². The first kappa shape index (κ1) is 18.5. The first-order valence-corrected chi connectivity index (χ1v) is 10.8. The van der Waals surface area contributed by atoms with Gasteiger partial charge >= 0.3 is 0 Å². The van der Waals surface area contributed by atoms with E-state index in [4.69, 9.17) is 5.26 Å². The minimum Gasteiger partial charge on any atom is -0.192 e. The van der Waals surface area contributed by atoms with Crippen LogP contribution in [-0.4, -0.2) is 0 Å². The molecule has 2 aliphatic carbocycles. The molecular weight excluding hydrogens is 302 g/mol. The van der Waals surface area contributed by atoms with E-state index in [0.29, 0.717) is 0 Å². The number of hydrogen-bond donors (Lipinski definition) is 0. The molecule has 0 N–H and O–H groups in total. The van der Waals surface area contributed by atoms with Crippen molar-refractivity contribution in [2.75, 3.05) is 0 Å². The number of benzene rings is 1. The maximum absolute atomic E-state index is 8.93. The molecule has 0 saturated heterocycles. The highest BCUT2D eigenvalue weighted by atomic mass is 14.3.